The van der Waals surface area contributed by atoms with E-state index in [0.29, 0.717) is 29.4 Å². The molecule has 1 aromatic rings. The summed E-state index contributed by atoms with van der Waals surface area (Å²) in [6.45, 7) is 5.49. The first-order valence-corrected chi connectivity index (χ1v) is 6.95. The maximum atomic E-state index is 12.8. The fraction of sp³-hybridized carbons (Fsp3) is 0.583. The summed E-state index contributed by atoms with van der Waals surface area (Å²) in [4.78, 5) is 5.91. The molecule has 106 valence electrons. The van der Waals surface area contributed by atoms with Crippen molar-refractivity contribution in [3.8, 4) is 0 Å². The predicted molar refractivity (Wildman–Crippen MR) is 72.4 cm³/mol. The van der Waals surface area contributed by atoms with Gasteiger partial charge in [0.25, 0.3) is 0 Å². The van der Waals surface area contributed by atoms with Crippen molar-refractivity contribution < 1.29 is 13.2 Å². The lowest BCUT2D eigenvalue weighted by molar-refractivity contribution is -0.137. The number of pyridine rings is 1. The van der Waals surface area contributed by atoms with Gasteiger partial charge in [-0.25, -0.2) is 4.98 Å². The van der Waals surface area contributed by atoms with Crippen LogP contribution >= 0.6 is 11.8 Å². The average Bonchev–Trinajstić information content (AvgIpc) is 2.25. The molecule has 0 bridgehead atoms. The molecular formula is C12H16F3N3S. The summed E-state index contributed by atoms with van der Waals surface area (Å²) in [6.07, 6.45) is -4.40. The molecule has 2 atom stereocenters. The van der Waals surface area contributed by atoms with Gasteiger partial charge in [0.15, 0.2) is 0 Å². The molecule has 2 N–H and O–H groups in total. The lowest BCUT2D eigenvalue weighted by atomic mass is 10.2. The summed E-state index contributed by atoms with van der Waals surface area (Å²) in [6, 6.07) is 1.95. The van der Waals surface area contributed by atoms with Gasteiger partial charge in [0.05, 0.1) is 5.56 Å². The largest absolute Gasteiger partial charge is 0.416 e. The van der Waals surface area contributed by atoms with Gasteiger partial charge in [-0.15, -0.1) is 0 Å². The zero-order valence-electron chi connectivity index (χ0n) is 10.7. The van der Waals surface area contributed by atoms with Crippen LogP contribution in [0.15, 0.2) is 12.1 Å². The Morgan fingerprint density at radius 1 is 1.26 bits per heavy atom. The minimum atomic E-state index is -4.40. The van der Waals surface area contributed by atoms with Gasteiger partial charge < -0.3 is 10.6 Å². The molecule has 0 radical (unpaired) electrons. The van der Waals surface area contributed by atoms with Crippen molar-refractivity contribution in [1.82, 2.24) is 4.98 Å². The fourth-order valence-electron chi connectivity index (χ4n) is 2.23. The van der Waals surface area contributed by atoms with Crippen LogP contribution in [-0.2, 0) is 6.18 Å². The standard InChI is InChI=1S/C12H16F3N3S/c1-7-5-18(6-8(2)19-7)11-4-9(12(13,14)15)3-10(16)17-11/h3-4,7-8H,5-6H2,1-2H3,(H2,16,17). The summed E-state index contributed by atoms with van der Waals surface area (Å²) in [7, 11) is 0. The van der Waals surface area contributed by atoms with Crippen LogP contribution in [0.25, 0.3) is 0 Å². The SMILES string of the molecule is CC1CN(c2cc(C(F)(F)F)cc(N)n2)CC(C)S1. The van der Waals surface area contributed by atoms with E-state index in [9.17, 15) is 13.2 Å². The van der Waals surface area contributed by atoms with Crippen LogP contribution in [0.1, 0.15) is 19.4 Å². The molecule has 1 saturated heterocycles. The summed E-state index contributed by atoms with van der Waals surface area (Å²) >= 11 is 1.83. The van der Waals surface area contributed by atoms with E-state index < -0.39 is 11.7 Å². The number of nitrogens with two attached hydrogens (primary N) is 1. The van der Waals surface area contributed by atoms with E-state index in [-0.39, 0.29) is 5.82 Å². The van der Waals surface area contributed by atoms with Gasteiger partial charge >= 0.3 is 6.18 Å². The second kappa shape index (κ2) is 5.11. The van der Waals surface area contributed by atoms with Crippen molar-refractivity contribution >= 4 is 23.4 Å². The number of aromatic nitrogens is 1. The van der Waals surface area contributed by atoms with Crippen molar-refractivity contribution in [2.24, 2.45) is 0 Å². The molecule has 2 unspecified atom stereocenters. The number of thioether (sulfide) groups is 1. The van der Waals surface area contributed by atoms with E-state index in [1.807, 2.05) is 16.7 Å². The summed E-state index contributed by atoms with van der Waals surface area (Å²) in [5, 5.41) is 0.725. The Bertz CT molecular complexity index is 454. The van der Waals surface area contributed by atoms with Crippen LogP contribution in [0.2, 0.25) is 0 Å². The Morgan fingerprint density at radius 3 is 2.37 bits per heavy atom. The van der Waals surface area contributed by atoms with Crippen LogP contribution in [0.4, 0.5) is 24.8 Å². The van der Waals surface area contributed by atoms with Crippen LogP contribution in [0.5, 0.6) is 0 Å². The molecule has 2 rings (SSSR count). The number of rotatable bonds is 1. The Labute approximate surface area is 114 Å². The maximum Gasteiger partial charge on any atom is 0.416 e. The van der Waals surface area contributed by atoms with Gasteiger partial charge in [-0.3, -0.25) is 0 Å². The lowest BCUT2D eigenvalue weighted by Gasteiger charge is -2.35. The molecule has 2 heterocycles. The molecule has 1 fully saturated rings. The highest BCUT2D eigenvalue weighted by atomic mass is 32.2. The van der Waals surface area contributed by atoms with Crippen molar-refractivity contribution in [2.45, 2.75) is 30.5 Å². The molecule has 19 heavy (non-hydrogen) atoms. The van der Waals surface area contributed by atoms with Gasteiger partial charge in [-0.1, -0.05) is 13.8 Å². The number of nitrogen functional groups attached to an aromatic ring is 1. The summed E-state index contributed by atoms with van der Waals surface area (Å²) in [5.74, 6) is 0.217. The minimum absolute atomic E-state index is 0.0941. The van der Waals surface area contributed by atoms with Crippen LogP contribution in [-0.4, -0.2) is 28.6 Å². The number of halogens is 3. The number of hydrogen-bond donors (Lipinski definition) is 1. The van der Waals surface area contributed by atoms with E-state index >= 15 is 0 Å². The highest BCUT2D eigenvalue weighted by molar-refractivity contribution is 8.00. The molecule has 1 aliphatic heterocycles. The first-order chi connectivity index (χ1) is 8.75. The second-order valence-electron chi connectivity index (χ2n) is 4.80. The van der Waals surface area contributed by atoms with Gasteiger partial charge in [0, 0.05) is 23.6 Å². The molecule has 0 amide bonds. The third kappa shape index (κ3) is 3.46. The number of hydrogen-bond acceptors (Lipinski definition) is 4. The van der Waals surface area contributed by atoms with Crippen LogP contribution < -0.4 is 10.6 Å². The average molecular weight is 291 g/mol. The number of anilines is 2. The van der Waals surface area contributed by atoms with Gasteiger partial charge in [0.2, 0.25) is 0 Å². The molecular weight excluding hydrogens is 275 g/mol. The van der Waals surface area contributed by atoms with E-state index in [2.05, 4.69) is 18.8 Å². The topological polar surface area (TPSA) is 42.1 Å². The Kier molecular flexibility index (Phi) is 3.85. The monoisotopic (exact) mass is 291 g/mol. The second-order valence-corrected chi connectivity index (χ2v) is 6.68. The third-order valence-electron chi connectivity index (χ3n) is 2.90. The van der Waals surface area contributed by atoms with Crippen molar-refractivity contribution in [2.75, 3.05) is 23.7 Å². The van der Waals surface area contributed by atoms with Crippen molar-refractivity contribution in [1.29, 1.82) is 0 Å². The molecule has 0 aromatic carbocycles. The zero-order valence-corrected chi connectivity index (χ0v) is 11.6. The highest BCUT2D eigenvalue weighted by Crippen LogP contribution is 2.34. The molecule has 3 nitrogen and oxygen atoms in total. The number of nitrogens with zero attached hydrogens (tertiary/aromatic N) is 2. The Morgan fingerprint density at radius 2 is 1.84 bits per heavy atom. The van der Waals surface area contributed by atoms with E-state index in [4.69, 9.17) is 5.73 Å². The molecule has 0 spiro atoms. The summed E-state index contributed by atoms with van der Waals surface area (Å²) < 4.78 is 38.3. The van der Waals surface area contributed by atoms with Crippen LogP contribution in [0.3, 0.4) is 0 Å². The molecule has 1 aliphatic rings. The van der Waals surface area contributed by atoms with Crippen LogP contribution in [0, 0.1) is 0 Å². The van der Waals surface area contributed by atoms with Gasteiger partial charge in [-0.05, 0) is 12.1 Å². The smallest absolute Gasteiger partial charge is 0.384 e. The first-order valence-electron chi connectivity index (χ1n) is 6.01. The van der Waals surface area contributed by atoms with E-state index in [0.717, 1.165) is 12.1 Å². The predicted octanol–water partition coefficient (Wildman–Crippen LogP) is 3.01. The van der Waals surface area contributed by atoms with Gasteiger partial charge in [0.1, 0.15) is 11.6 Å². The maximum absolute atomic E-state index is 12.8. The Balaban J connectivity index is 2.31. The highest BCUT2D eigenvalue weighted by Gasteiger charge is 2.32. The lowest BCUT2D eigenvalue weighted by Crippen LogP contribution is -2.41. The van der Waals surface area contributed by atoms with E-state index in [1.165, 1.54) is 0 Å². The quantitative estimate of drug-likeness (QED) is 0.863. The third-order valence-corrected chi connectivity index (χ3v) is 4.13. The van der Waals surface area contributed by atoms with Gasteiger partial charge in [-0.2, -0.15) is 24.9 Å². The normalized spacial score (nSPS) is 24.6. The van der Waals surface area contributed by atoms with Crippen molar-refractivity contribution in [3.63, 3.8) is 0 Å². The fourth-order valence-corrected chi connectivity index (χ4v) is 3.55. The molecule has 1 aromatic heterocycles. The molecule has 7 heteroatoms. The first kappa shape index (κ1) is 14.3. The Hall–Kier alpha value is -1.11. The minimum Gasteiger partial charge on any atom is -0.384 e. The molecule has 0 saturated carbocycles. The summed E-state index contributed by atoms with van der Waals surface area (Å²) in [5.41, 5.74) is 4.75. The number of alkyl halides is 3. The van der Waals surface area contributed by atoms with E-state index in [1.54, 1.807) is 0 Å². The van der Waals surface area contributed by atoms with Crippen molar-refractivity contribution in [3.05, 3.63) is 17.7 Å². The molecule has 0 aliphatic carbocycles. The zero-order chi connectivity index (χ0) is 14.2.